The van der Waals surface area contributed by atoms with Gasteiger partial charge in [0.2, 0.25) is 0 Å². The first-order valence-electron chi connectivity index (χ1n) is 5.70. The highest BCUT2D eigenvalue weighted by Crippen LogP contribution is 2.20. The lowest BCUT2D eigenvalue weighted by atomic mass is 10.1. The van der Waals surface area contributed by atoms with Gasteiger partial charge < -0.3 is 0 Å². The molecule has 0 saturated heterocycles. The van der Waals surface area contributed by atoms with Crippen LogP contribution in [-0.4, -0.2) is 10.2 Å². The molecule has 0 aliphatic heterocycles. The van der Waals surface area contributed by atoms with Crippen molar-refractivity contribution in [1.29, 1.82) is 0 Å². The summed E-state index contributed by atoms with van der Waals surface area (Å²) in [6.45, 7) is 0. The number of hydrogen-bond donors (Lipinski definition) is 0. The minimum Gasteiger partial charge on any atom is -0.143 e. The Bertz CT molecular complexity index is 678. The maximum Gasteiger partial charge on any atom is 0.132 e. The van der Waals surface area contributed by atoms with Crippen molar-refractivity contribution in [3.63, 3.8) is 0 Å². The molecular formula is C14H11ClN2S. The summed E-state index contributed by atoms with van der Waals surface area (Å²) in [6.07, 6.45) is 0.819. The van der Waals surface area contributed by atoms with Crippen molar-refractivity contribution in [3.05, 3.63) is 58.0 Å². The van der Waals surface area contributed by atoms with Gasteiger partial charge in [-0.3, -0.25) is 0 Å². The van der Waals surface area contributed by atoms with Gasteiger partial charge in [-0.25, -0.2) is 0 Å². The van der Waals surface area contributed by atoms with Gasteiger partial charge >= 0.3 is 0 Å². The summed E-state index contributed by atoms with van der Waals surface area (Å²) in [5.41, 5.74) is 1.26. The molecule has 0 fully saturated rings. The second-order valence-corrected chi connectivity index (χ2v) is 5.50. The zero-order valence-corrected chi connectivity index (χ0v) is 11.2. The van der Waals surface area contributed by atoms with E-state index in [1.165, 1.54) is 16.3 Å². The average molecular weight is 275 g/mol. The van der Waals surface area contributed by atoms with Crippen molar-refractivity contribution in [2.75, 3.05) is 0 Å². The molecule has 3 aromatic rings. The molecule has 18 heavy (non-hydrogen) atoms. The van der Waals surface area contributed by atoms with Crippen molar-refractivity contribution < 1.29 is 0 Å². The number of halogens is 1. The van der Waals surface area contributed by atoms with E-state index in [0.717, 1.165) is 16.4 Å². The van der Waals surface area contributed by atoms with Crippen LogP contribution in [0.2, 0.25) is 0 Å². The lowest BCUT2D eigenvalue weighted by molar-refractivity contribution is 0.977. The fourth-order valence-corrected chi connectivity index (χ4v) is 2.88. The fraction of sp³-hybridized carbons (Fsp3) is 0.143. The molecule has 1 heterocycles. The zero-order valence-electron chi connectivity index (χ0n) is 9.64. The third kappa shape index (κ3) is 2.37. The number of rotatable bonds is 3. The van der Waals surface area contributed by atoms with Gasteiger partial charge in [0, 0.05) is 6.42 Å². The number of aromatic nitrogens is 2. The van der Waals surface area contributed by atoms with Gasteiger partial charge in [-0.1, -0.05) is 53.8 Å². The van der Waals surface area contributed by atoms with Crippen molar-refractivity contribution >= 4 is 33.7 Å². The minimum absolute atomic E-state index is 0.440. The van der Waals surface area contributed by atoms with Crippen molar-refractivity contribution in [2.45, 2.75) is 12.3 Å². The molecule has 4 heteroatoms. The van der Waals surface area contributed by atoms with Crippen LogP contribution in [0.25, 0.3) is 10.8 Å². The molecule has 0 amide bonds. The lowest BCUT2D eigenvalue weighted by Gasteiger charge is -2.01. The predicted octanol–water partition coefficient (Wildman–Crippen LogP) is 4.02. The van der Waals surface area contributed by atoms with Gasteiger partial charge in [0.1, 0.15) is 10.0 Å². The molecule has 1 aromatic heterocycles. The number of nitrogens with zero attached hydrogens (tertiary/aromatic N) is 2. The highest BCUT2D eigenvalue weighted by Gasteiger charge is 2.04. The lowest BCUT2D eigenvalue weighted by Crippen LogP contribution is -1.87. The SMILES string of the molecule is ClCc1nnc(Cc2ccc3ccccc3c2)s1. The third-order valence-corrected chi connectivity index (χ3v) is 4.13. The Hall–Kier alpha value is -1.45. The molecule has 90 valence electrons. The second kappa shape index (κ2) is 5.04. The van der Waals surface area contributed by atoms with E-state index in [1.807, 2.05) is 0 Å². The summed E-state index contributed by atoms with van der Waals surface area (Å²) in [5.74, 6) is 0.440. The monoisotopic (exact) mass is 274 g/mol. The maximum absolute atomic E-state index is 5.73. The summed E-state index contributed by atoms with van der Waals surface area (Å²) in [7, 11) is 0. The summed E-state index contributed by atoms with van der Waals surface area (Å²) in [4.78, 5) is 0. The van der Waals surface area contributed by atoms with E-state index in [0.29, 0.717) is 5.88 Å². The van der Waals surface area contributed by atoms with Gasteiger partial charge in [0.05, 0.1) is 5.88 Å². The average Bonchev–Trinajstić information content (AvgIpc) is 2.86. The summed E-state index contributed by atoms with van der Waals surface area (Å²) < 4.78 is 0. The van der Waals surface area contributed by atoms with Crippen LogP contribution in [0.15, 0.2) is 42.5 Å². The Morgan fingerprint density at radius 2 is 1.72 bits per heavy atom. The highest BCUT2D eigenvalue weighted by atomic mass is 35.5. The van der Waals surface area contributed by atoms with Crippen LogP contribution in [0, 0.1) is 0 Å². The Balaban J connectivity index is 1.90. The van der Waals surface area contributed by atoms with Crippen LogP contribution < -0.4 is 0 Å². The van der Waals surface area contributed by atoms with Crippen molar-refractivity contribution in [1.82, 2.24) is 10.2 Å². The maximum atomic E-state index is 5.73. The summed E-state index contributed by atoms with van der Waals surface area (Å²) >= 11 is 7.31. The van der Waals surface area contributed by atoms with Gasteiger partial charge in [-0.15, -0.1) is 21.8 Å². The Morgan fingerprint density at radius 3 is 2.50 bits per heavy atom. The molecule has 0 atom stereocenters. The molecule has 0 N–H and O–H groups in total. The smallest absolute Gasteiger partial charge is 0.132 e. The molecule has 0 aliphatic rings. The normalized spacial score (nSPS) is 10.9. The van der Waals surface area contributed by atoms with Crippen LogP contribution in [0.3, 0.4) is 0 Å². The Kier molecular flexibility index (Phi) is 3.26. The zero-order chi connectivity index (χ0) is 12.4. The largest absolute Gasteiger partial charge is 0.143 e. The van der Waals surface area contributed by atoms with E-state index in [-0.39, 0.29) is 0 Å². The highest BCUT2D eigenvalue weighted by molar-refractivity contribution is 7.11. The van der Waals surface area contributed by atoms with Crippen LogP contribution >= 0.6 is 22.9 Å². The number of alkyl halides is 1. The molecular weight excluding hydrogens is 264 g/mol. The van der Waals surface area contributed by atoms with Crippen LogP contribution in [-0.2, 0) is 12.3 Å². The third-order valence-electron chi connectivity index (χ3n) is 2.79. The quantitative estimate of drug-likeness (QED) is 0.674. The van der Waals surface area contributed by atoms with Gasteiger partial charge in [-0.2, -0.15) is 0 Å². The van der Waals surface area contributed by atoms with Crippen LogP contribution in [0.1, 0.15) is 15.6 Å². The minimum atomic E-state index is 0.440. The van der Waals surface area contributed by atoms with E-state index in [2.05, 4.69) is 52.7 Å². The van der Waals surface area contributed by atoms with Gasteiger partial charge in [0.15, 0.2) is 0 Å². The van der Waals surface area contributed by atoms with Gasteiger partial charge in [0.25, 0.3) is 0 Å². The molecule has 0 bridgehead atoms. The number of fused-ring (bicyclic) bond motifs is 1. The number of hydrogen-bond acceptors (Lipinski definition) is 3. The van der Waals surface area contributed by atoms with Crippen molar-refractivity contribution in [3.8, 4) is 0 Å². The fourth-order valence-electron chi connectivity index (χ4n) is 1.94. The molecule has 2 nitrogen and oxygen atoms in total. The topological polar surface area (TPSA) is 25.8 Å². The molecule has 0 unspecified atom stereocenters. The van der Waals surface area contributed by atoms with Crippen molar-refractivity contribution in [2.24, 2.45) is 0 Å². The summed E-state index contributed by atoms with van der Waals surface area (Å²) in [6, 6.07) is 14.9. The first-order chi connectivity index (χ1) is 8.85. The van der Waals surface area contributed by atoms with Crippen LogP contribution in [0.5, 0.6) is 0 Å². The van der Waals surface area contributed by atoms with E-state index in [1.54, 1.807) is 11.3 Å². The van der Waals surface area contributed by atoms with Crippen LogP contribution in [0.4, 0.5) is 0 Å². The van der Waals surface area contributed by atoms with E-state index < -0.39 is 0 Å². The molecule has 3 rings (SSSR count). The van der Waals surface area contributed by atoms with E-state index >= 15 is 0 Å². The van der Waals surface area contributed by atoms with Gasteiger partial charge in [-0.05, 0) is 16.3 Å². The van der Waals surface area contributed by atoms with E-state index in [4.69, 9.17) is 11.6 Å². The predicted molar refractivity (Wildman–Crippen MR) is 76.2 cm³/mol. The molecule has 0 saturated carbocycles. The molecule has 0 spiro atoms. The summed E-state index contributed by atoms with van der Waals surface area (Å²) in [5, 5.41) is 12.6. The Labute approximate surface area is 114 Å². The standard InChI is InChI=1S/C14H11ClN2S/c15-9-14-17-16-13(18-14)8-10-5-6-11-3-1-2-4-12(11)7-10/h1-7H,8-9H2. The first kappa shape index (κ1) is 11.6. The second-order valence-electron chi connectivity index (χ2n) is 4.08. The van der Waals surface area contributed by atoms with E-state index in [9.17, 15) is 0 Å². The first-order valence-corrected chi connectivity index (χ1v) is 7.05. The molecule has 2 aromatic carbocycles. The number of benzene rings is 2. The Morgan fingerprint density at radius 1 is 0.944 bits per heavy atom. The molecule has 0 aliphatic carbocycles. The molecule has 0 radical (unpaired) electrons.